The minimum atomic E-state index is -2.06. The van der Waals surface area contributed by atoms with Gasteiger partial charge in [0, 0.05) is 6.42 Å². The Morgan fingerprint density at radius 1 is 1.39 bits per heavy atom. The van der Waals surface area contributed by atoms with Gasteiger partial charge in [-0.05, 0) is 25.6 Å². The summed E-state index contributed by atoms with van der Waals surface area (Å²) in [6.07, 6.45) is 0.294. The third-order valence-corrected chi connectivity index (χ3v) is 3.50. The van der Waals surface area contributed by atoms with Crippen LogP contribution in [0.4, 0.5) is 0 Å². The Morgan fingerprint density at radius 2 is 1.83 bits per heavy atom. The standard InChI is InChI=1S/C9H20N2O3Si.2ClH.Pt/c1-15(2,13)5-3-4-9(12)14-8(6-10)7-11;;;/h8,10-11,13H,3-7H2,1-2H3;2*1H;/q-2;;;+4/p-2. The zero-order valence-corrected chi connectivity index (χ0v) is 15.2. The Morgan fingerprint density at radius 3 is 2.17 bits per heavy atom. The van der Waals surface area contributed by atoms with Crippen molar-refractivity contribution in [2.24, 2.45) is 0 Å². The molecule has 0 unspecified atom stereocenters. The summed E-state index contributed by atoms with van der Waals surface area (Å²) in [6.45, 7) is 3.54. The minimum absolute atomic E-state index is 0.0600. The van der Waals surface area contributed by atoms with Crippen molar-refractivity contribution >= 4 is 33.1 Å². The van der Waals surface area contributed by atoms with Crippen molar-refractivity contribution in [3.05, 3.63) is 11.5 Å². The van der Waals surface area contributed by atoms with E-state index in [1.165, 1.54) is 0 Å². The molecule has 3 N–H and O–H groups in total. The van der Waals surface area contributed by atoms with Gasteiger partial charge in [-0.25, -0.2) is 0 Å². The van der Waals surface area contributed by atoms with Gasteiger partial charge in [-0.2, -0.15) is 0 Å². The van der Waals surface area contributed by atoms with E-state index < -0.39 is 30.9 Å². The average Bonchev–Trinajstić information content (AvgIpc) is 2.25. The van der Waals surface area contributed by atoms with Crippen molar-refractivity contribution < 1.29 is 30.8 Å². The summed E-state index contributed by atoms with van der Waals surface area (Å²) in [6, 6.07) is 0.675. The van der Waals surface area contributed by atoms with Crippen LogP contribution in [0.25, 0.3) is 11.5 Å². The summed E-state index contributed by atoms with van der Waals surface area (Å²) in [4.78, 5) is 20.7. The van der Waals surface area contributed by atoms with E-state index in [9.17, 15) is 9.59 Å². The Hall–Kier alpha value is 0.835. The number of hydrogen-bond acceptors (Lipinski definition) is 3. The molecule has 112 valence electrons. The Balaban J connectivity index is 0. The number of ether oxygens (including phenoxy) is 1. The number of hydrogen-bond donors (Lipinski definition) is 1. The predicted molar refractivity (Wildman–Crippen MR) is 73.7 cm³/mol. The summed E-state index contributed by atoms with van der Waals surface area (Å²) in [5.74, 6) is -0.363. The quantitative estimate of drug-likeness (QED) is 0.431. The molecule has 0 spiro atoms. The SMILES string of the molecule is C[Si](C)(O)CCCC(=O)OC(C[NH-])C[NH-].[Cl][Pt+2][Cl]. The molecule has 0 bridgehead atoms. The third kappa shape index (κ3) is 16.8. The molecule has 0 saturated heterocycles. The fourth-order valence-electron chi connectivity index (χ4n) is 1.07. The van der Waals surface area contributed by atoms with Gasteiger partial charge < -0.3 is 21.0 Å². The van der Waals surface area contributed by atoms with Crippen LogP contribution in [0.15, 0.2) is 0 Å². The second-order valence-corrected chi connectivity index (χ2v) is 11.6. The zero-order valence-electron chi connectivity index (χ0n) is 10.4. The van der Waals surface area contributed by atoms with E-state index in [0.717, 1.165) is 0 Å². The first-order chi connectivity index (χ1) is 8.30. The zero-order chi connectivity index (χ0) is 14.6. The van der Waals surface area contributed by atoms with Gasteiger partial charge in [-0.1, -0.05) is 0 Å². The van der Waals surface area contributed by atoms with Crippen LogP contribution in [0.3, 0.4) is 0 Å². The van der Waals surface area contributed by atoms with Gasteiger partial charge in [0.25, 0.3) is 0 Å². The van der Waals surface area contributed by atoms with Crippen molar-refractivity contribution in [1.29, 1.82) is 0 Å². The molecule has 0 rings (SSSR count). The van der Waals surface area contributed by atoms with E-state index in [4.69, 9.17) is 35.0 Å². The van der Waals surface area contributed by atoms with E-state index in [-0.39, 0.29) is 25.5 Å². The van der Waals surface area contributed by atoms with Gasteiger partial charge >= 0.3 is 41.3 Å². The molecular formula is C9H20Cl2N2O3PtSi. The predicted octanol–water partition coefficient (Wildman–Crippen LogP) is 3.36. The normalized spacial score (nSPS) is 11.1. The van der Waals surface area contributed by atoms with Crippen molar-refractivity contribution in [3.8, 4) is 0 Å². The van der Waals surface area contributed by atoms with E-state index in [0.29, 0.717) is 12.5 Å². The van der Waals surface area contributed by atoms with Crippen molar-refractivity contribution in [2.45, 2.75) is 38.1 Å². The Kier molecular flexibility index (Phi) is 15.1. The summed E-state index contributed by atoms with van der Waals surface area (Å²) in [5.41, 5.74) is 14.0. The van der Waals surface area contributed by atoms with Crippen LogP contribution < -0.4 is 0 Å². The second kappa shape index (κ2) is 12.8. The number of rotatable bonds is 7. The first-order valence-corrected chi connectivity index (χ1v) is 14.1. The summed E-state index contributed by atoms with van der Waals surface area (Å²) in [5, 5.41) is 0. The third-order valence-electron chi connectivity index (χ3n) is 1.92. The molecule has 0 atom stereocenters. The van der Waals surface area contributed by atoms with Gasteiger partial charge in [-0.3, -0.25) is 4.79 Å². The first-order valence-electron chi connectivity index (χ1n) is 5.34. The van der Waals surface area contributed by atoms with Crippen LogP contribution in [0, 0.1) is 0 Å². The number of esters is 1. The molecule has 0 amide bonds. The maximum atomic E-state index is 11.2. The molecule has 0 radical (unpaired) electrons. The van der Waals surface area contributed by atoms with Crippen LogP contribution in [0.5, 0.6) is 0 Å². The van der Waals surface area contributed by atoms with Gasteiger partial charge in [0.05, 0.1) is 6.10 Å². The molecule has 18 heavy (non-hydrogen) atoms. The van der Waals surface area contributed by atoms with Crippen LogP contribution in [-0.2, 0) is 26.0 Å². The molecule has 0 aromatic rings. The number of halogens is 2. The maximum absolute atomic E-state index is 11.2. The van der Waals surface area contributed by atoms with Gasteiger partial charge in [0.2, 0.25) is 0 Å². The Bertz CT molecular complexity index is 216. The van der Waals surface area contributed by atoms with Crippen molar-refractivity contribution in [1.82, 2.24) is 0 Å². The van der Waals surface area contributed by atoms with E-state index in [2.05, 4.69) is 0 Å². The number of nitrogens with one attached hydrogen (secondary N) is 2. The van der Waals surface area contributed by atoms with Crippen LogP contribution in [0.1, 0.15) is 12.8 Å². The monoisotopic (exact) mass is 497 g/mol. The van der Waals surface area contributed by atoms with Gasteiger partial charge in [0.15, 0.2) is 8.32 Å². The van der Waals surface area contributed by atoms with Gasteiger partial charge in [0.1, 0.15) is 0 Å². The van der Waals surface area contributed by atoms with Gasteiger partial charge in [-0.15, -0.1) is 13.1 Å². The molecule has 0 fully saturated rings. The molecule has 0 heterocycles. The first kappa shape index (κ1) is 21.1. The summed E-state index contributed by atoms with van der Waals surface area (Å²) in [7, 11) is 7.69. The van der Waals surface area contributed by atoms with Crippen LogP contribution in [-0.4, -0.2) is 38.3 Å². The van der Waals surface area contributed by atoms with Crippen molar-refractivity contribution in [2.75, 3.05) is 13.1 Å². The summed E-state index contributed by atoms with van der Waals surface area (Å²) >= 11 is -0.472. The molecule has 0 saturated carbocycles. The average molecular weight is 498 g/mol. The number of carbonyl (C=O) groups is 1. The molecule has 0 aromatic carbocycles. The Labute approximate surface area is 126 Å². The van der Waals surface area contributed by atoms with Crippen LogP contribution in [0.2, 0.25) is 19.1 Å². The van der Waals surface area contributed by atoms with E-state index in [1.807, 2.05) is 13.1 Å². The molecule has 0 aliphatic heterocycles. The topological polar surface area (TPSA) is 94.1 Å². The number of carbonyl (C=O) groups excluding carboxylic acids is 1. The molecule has 5 nitrogen and oxygen atoms in total. The molecule has 0 aliphatic rings. The van der Waals surface area contributed by atoms with Crippen LogP contribution >= 0.6 is 18.8 Å². The molecule has 0 aliphatic carbocycles. The molecular weight excluding hydrogens is 478 g/mol. The van der Waals surface area contributed by atoms with E-state index >= 15 is 0 Å². The summed E-state index contributed by atoms with van der Waals surface area (Å²) < 4.78 is 4.88. The second-order valence-electron chi connectivity index (χ2n) is 4.23. The molecule has 0 aromatic heterocycles. The fourth-order valence-corrected chi connectivity index (χ4v) is 2.11. The molecule has 9 heteroatoms. The fraction of sp³-hybridized carbons (Fsp3) is 0.889. The van der Waals surface area contributed by atoms with Crippen molar-refractivity contribution in [3.63, 3.8) is 0 Å². The van der Waals surface area contributed by atoms with E-state index in [1.54, 1.807) is 0 Å².